The van der Waals surface area contributed by atoms with Gasteiger partial charge in [-0.15, -0.1) is 11.3 Å². The van der Waals surface area contributed by atoms with Crippen molar-refractivity contribution in [2.75, 3.05) is 31.1 Å². The lowest BCUT2D eigenvalue weighted by Gasteiger charge is -2.33. The summed E-state index contributed by atoms with van der Waals surface area (Å²) in [5.74, 6) is 0. The van der Waals surface area contributed by atoms with Crippen LogP contribution in [-0.2, 0) is 16.2 Å². The van der Waals surface area contributed by atoms with Gasteiger partial charge >= 0.3 is 6.18 Å². The third kappa shape index (κ3) is 4.72. The van der Waals surface area contributed by atoms with Crippen molar-refractivity contribution < 1.29 is 21.6 Å². The molecule has 2 heterocycles. The maximum absolute atomic E-state index is 13.0. The topological polar surface area (TPSA) is 53.5 Å². The number of piperazine rings is 1. The van der Waals surface area contributed by atoms with Crippen LogP contribution < -0.4 is 4.90 Å². The number of sulfonamides is 1. The average Bonchev–Trinajstić information content (AvgIpc) is 3.24. The van der Waals surface area contributed by atoms with Crippen LogP contribution in [0.25, 0.3) is 11.3 Å². The van der Waals surface area contributed by atoms with Crippen LogP contribution >= 0.6 is 22.9 Å². The summed E-state index contributed by atoms with van der Waals surface area (Å²) in [6.07, 6.45) is -4.60. The Morgan fingerprint density at radius 3 is 2.32 bits per heavy atom. The summed E-state index contributed by atoms with van der Waals surface area (Å²) in [7, 11) is -4.02. The first-order valence-corrected chi connectivity index (χ1v) is 12.0. The normalized spacial score (nSPS) is 15.9. The first-order chi connectivity index (χ1) is 14.6. The number of benzene rings is 2. The largest absolute Gasteiger partial charge is 0.416 e. The van der Waals surface area contributed by atoms with E-state index in [2.05, 4.69) is 4.98 Å². The molecule has 1 aliphatic heterocycles. The molecule has 0 spiro atoms. The van der Waals surface area contributed by atoms with Gasteiger partial charge < -0.3 is 4.90 Å². The molecule has 4 rings (SSSR count). The first-order valence-electron chi connectivity index (χ1n) is 9.28. The second-order valence-corrected chi connectivity index (χ2v) is 10.1. The number of alkyl halides is 3. The van der Waals surface area contributed by atoms with Gasteiger partial charge in [0.05, 0.1) is 16.2 Å². The standard InChI is InChI=1S/C20H17ClF3N3O2S2/c21-16-6-4-14(5-7-16)18-13-30-19(25-18)26-8-10-27(11-9-26)31(28,29)17-3-1-2-15(12-17)20(22,23)24/h1-7,12-13H,8-11H2. The monoisotopic (exact) mass is 487 g/mol. The Morgan fingerprint density at radius 2 is 1.68 bits per heavy atom. The van der Waals surface area contributed by atoms with E-state index in [1.807, 2.05) is 22.4 Å². The Morgan fingerprint density at radius 1 is 1.00 bits per heavy atom. The van der Waals surface area contributed by atoms with Gasteiger partial charge in [0.1, 0.15) is 0 Å². The SMILES string of the molecule is O=S(=O)(c1cccc(C(F)(F)F)c1)N1CCN(c2nc(-c3ccc(Cl)cc3)cs2)CC1. The zero-order valence-corrected chi connectivity index (χ0v) is 18.4. The molecule has 1 saturated heterocycles. The van der Waals surface area contributed by atoms with Crippen LogP contribution in [0.1, 0.15) is 5.56 Å². The van der Waals surface area contributed by atoms with Crippen molar-refractivity contribution in [3.05, 3.63) is 64.5 Å². The Labute approximate surface area is 186 Å². The molecule has 0 amide bonds. The smallest absolute Gasteiger partial charge is 0.345 e. The first kappa shape index (κ1) is 22.1. The number of aromatic nitrogens is 1. The fourth-order valence-corrected chi connectivity index (χ4v) is 5.75. The number of halogens is 4. The molecule has 1 fully saturated rings. The number of anilines is 1. The third-order valence-electron chi connectivity index (χ3n) is 4.94. The Bertz CT molecular complexity index is 1170. The maximum atomic E-state index is 13.0. The second kappa shape index (κ2) is 8.42. The number of hydrogen-bond acceptors (Lipinski definition) is 5. The molecule has 0 N–H and O–H groups in total. The molecule has 0 unspecified atom stereocenters. The summed E-state index contributed by atoms with van der Waals surface area (Å²) in [5, 5.41) is 3.32. The minimum atomic E-state index is -4.60. The minimum absolute atomic E-state index is 0.161. The van der Waals surface area contributed by atoms with E-state index in [-0.39, 0.29) is 18.0 Å². The van der Waals surface area contributed by atoms with Gasteiger partial charge in [-0.25, -0.2) is 13.4 Å². The van der Waals surface area contributed by atoms with Gasteiger partial charge in [0.25, 0.3) is 0 Å². The molecule has 1 aromatic heterocycles. The average molecular weight is 488 g/mol. The molecular formula is C20H17ClF3N3O2S2. The van der Waals surface area contributed by atoms with Crippen LogP contribution in [0, 0.1) is 0 Å². The van der Waals surface area contributed by atoms with E-state index in [1.165, 1.54) is 21.7 Å². The van der Waals surface area contributed by atoms with Crippen LogP contribution in [0.5, 0.6) is 0 Å². The summed E-state index contributed by atoms with van der Waals surface area (Å²) in [6, 6.07) is 11.2. The number of nitrogens with zero attached hydrogens (tertiary/aromatic N) is 3. The summed E-state index contributed by atoms with van der Waals surface area (Å²) >= 11 is 7.37. The predicted octanol–water partition coefficient (Wildman–Crippen LogP) is 4.99. The highest BCUT2D eigenvalue weighted by atomic mass is 35.5. The Hall–Kier alpha value is -2.14. The van der Waals surface area contributed by atoms with Crippen LogP contribution in [0.3, 0.4) is 0 Å². The molecule has 0 bridgehead atoms. The van der Waals surface area contributed by atoms with Crippen molar-refractivity contribution in [3.8, 4) is 11.3 Å². The molecule has 3 aromatic rings. The zero-order valence-electron chi connectivity index (χ0n) is 16.0. The number of thiazole rings is 1. The fourth-order valence-electron chi connectivity index (χ4n) is 3.26. The van der Waals surface area contributed by atoms with Crippen LogP contribution in [0.15, 0.2) is 58.8 Å². The molecule has 1 aliphatic rings. The third-order valence-corrected chi connectivity index (χ3v) is 7.99. The van der Waals surface area contributed by atoms with Gasteiger partial charge in [0.2, 0.25) is 10.0 Å². The van der Waals surface area contributed by atoms with Crippen LogP contribution in [0.2, 0.25) is 5.02 Å². The molecular weight excluding hydrogens is 471 g/mol. The van der Waals surface area contributed by atoms with Crippen LogP contribution in [-0.4, -0.2) is 43.9 Å². The second-order valence-electron chi connectivity index (χ2n) is 6.94. The number of rotatable bonds is 4. The predicted molar refractivity (Wildman–Crippen MR) is 115 cm³/mol. The molecule has 164 valence electrons. The lowest BCUT2D eigenvalue weighted by molar-refractivity contribution is -0.137. The van der Waals surface area contributed by atoms with Gasteiger partial charge in [-0.1, -0.05) is 29.8 Å². The zero-order chi connectivity index (χ0) is 22.2. The van der Waals surface area contributed by atoms with Crippen molar-refractivity contribution in [2.45, 2.75) is 11.1 Å². The highest BCUT2D eigenvalue weighted by molar-refractivity contribution is 7.89. The quantitative estimate of drug-likeness (QED) is 0.520. The van der Waals surface area contributed by atoms with Crippen molar-refractivity contribution >= 4 is 38.1 Å². The van der Waals surface area contributed by atoms with E-state index in [0.29, 0.717) is 24.2 Å². The summed E-state index contributed by atoms with van der Waals surface area (Å²) in [5.41, 5.74) is 0.748. The molecule has 11 heteroatoms. The van der Waals surface area contributed by atoms with E-state index < -0.39 is 21.8 Å². The molecule has 2 aromatic carbocycles. The van der Waals surface area contributed by atoms with Crippen molar-refractivity contribution in [1.29, 1.82) is 0 Å². The van der Waals surface area contributed by atoms with E-state index in [0.717, 1.165) is 28.5 Å². The van der Waals surface area contributed by atoms with E-state index in [4.69, 9.17) is 11.6 Å². The summed E-state index contributed by atoms with van der Waals surface area (Å²) in [6.45, 7) is 1.11. The summed E-state index contributed by atoms with van der Waals surface area (Å²) in [4.78, 5) is 6.25. The molecule has 0 atom stereocenters. The lowest BCUT2D eigenvalue weighted by atomic mass is 10.2. The molecule has 5 nitrogen and oxygen atoms in total. The lowest BCUT2D eigenvalue weighted by Crippen LogP contribution is -2.48. The van der Waals surface area contributed by atoms with Gasteiger partial charge in [-0.05, 0) is 30.3 Å². The minimum Gasteiger partial charge on any atom is -0.345 e. The van der Waals surface area contributed by atoms with Crippen molar-refractivity contribution in [1.82, 2.24) is 9.29 Å². The van der Waals surface area contributed by atoms with E-state index in [9.17, 15) is 21.6 Å². The van der Waals surface area contributed by atoms with Gasteiger partial charge in [0, 0.05) is 42.1 Å². The molecule has 0 saturated carbocycles. The van der Waals surface area contributed by atoms with Crippen LogP contribution in [0.4, 0.5) is 18.3 Å². The fraction of sp³-hybridized carbons (Fsp3) is 0.250. The summed E-state index contributed by atoms with van der Waals surface area (Å²) < 4.78 is 65.8. The molecule has 31 heavy (non-hydrogen) atoms. The van der Waals surface area contributed by atoms with Crippen molar-refractivity contribution in [3.63, 3.8) is 0 Å². The van der Waals surface area contributed by atoms with E-state index >= 15 is 0 Å². The maximum Gasteiger partial charge on any atom is 0.416 e. The highest BCUT2D eigenvalue weighted by Gasteiger charge is 2.34. The van der Waals surface area contributed by atoms with E-state index in [1.54, 1.807) is 12.1 Å². The Balaban J connectivity index is 1.46. The van der Waals surface area contributed by atoms with Gasteiger partial charge in [0.15, 0.2) is 5.13 Å². The van der Waals surface area contributed by atoms with Crippen molar-refractivity contribution in [2.24, 2.45) is 0 Å². The molecule has 0 radical (unpaired) electrons. The Kier molecular flexibility index (Phi) is 5.99. The molecule has 0 aliphatic carbocycles. The van der Waals surface area contributed by atoms with Gasteiger partial charge in [-0.3, -0.25) is 0 Å². The number of hydrogen-bond donors (Lipinski definition) is 0. The highest BCUT2D eigenvalue weighted by Crippen LogP contribution is 2.32. The van der Waals surface area contributed by atoms with Gasteiger partial charge in [-0.2, -0.15) is 17.5 Å².